The fourth-order valence-corrected chi connectivity index (χ4v) is 4.30. The van der Waals surface area contributed by atoms with Gasteiger partial charge in [0.25, 0.3) is 0 Å². The van der Waals surface area contributed by atoms with Crippen molar-refractivity contribution < 1.29 is 18.3 Å². The van der Waals surface area contributed by atoms with Gasteiger partial charge in [0.05, 0.1) is 13.2 Å². The number of hydrogen-bond donors (Lipinski definition) is 2. The number of nitrogens with one attached hydrogen (secondary N) is 2. The average Bonchev–Trinajstić information content (AvgIpc) is 3.41. The molecule has 1 aromatic heterocycles. The van der Waals surface area contributed by atoms with Crippen LogP contribution >= 0.6 is 0 Å². The number of morpholine rings is 1. The van der Waals surface area contributed by atoms with Gasteiger partial charge in [-0.3, -0.25) is 5.10 Å². The highest BCUT2D eigenvalue weighted by Gasteiger charge is 2.40. The summed E-state index contributed by atoms with van der Waals surface area (Å²) in [5.41, 5.74) is -0.241. The second kappa shape index (κ2) is 7.83. The molecule has 1 saturated heterocycles. The first-order valence-corrected chi connectivity index (χ1v) is 9.53. The zero-order valence-electron chi connectivity index (χ0n) is 15.5. The zero-order valence-corrected chi connectivity index (χ0v) is 15.5. The molecule has 7 nitrogen and oxygen atoms in total. The lowest BCUT2D eigenvalue weighted by Crippen LogP contribution is -2.51. The van der Waals surface area contributed by atoms with E-state index in [0.717, 1.165) is 18.9 Å². The van der Waals surface area contributed by atoms with E-state index in [1.165, 1.54) is 12.4 Å². The second-order valence-corrected chi connectivity index (χ2v) is 7.40. The maximum atomic E-state index is 14.5. The van der Waals surface area contributed by atoms with E-state index in [4.69, 9.17) is 4.74 Å². The van der Waals surface area contributed by atoms with Gasteiger partial charge in [-0.2, -0.15) is 5.10 Å². The fourth-order valence-electron chi connectivity index (χ4n) is 4.30. The van der Waals surface area contributed by atoms with Crippen LogP contribution in [0.3, 0.4) is 0 Å². The smallest absolute Gasteiger partial charge is 0.318 e. The predicted molar refractivity (Wildman–Crippen MR) is 96.6 cm³/mol. The van der Waals surface area contributed by atoms with Gasteiger partial charge >= 0.3 is 6.03 Å². The molecule has 28 heavy (non-hydrogen) atoms. The number of hydrogen-bond acceptors (Lipinski definition) is 4. The minimum atomic E-state index is -0.853. The molecule has 2 N–H and O–H groups in total. The van der Waals surface area contributed by atoms with Gasteiger partial charge in [0, 0.05) is 18.5 Å². The number of ether oxygens (including phenoxy) is 1. The van der Waals surface area contributed by atoms with Gasteiger partial charge in [-0.1, -0.05) is 25.0 Å². The first-order chi connectivity index (χ1) is 13.6. The molecule has 1 aromatic carbocycles. The number of nitrogens with zero attached hydrogens (tertiary/aromatic N) is 3. The van der Waals surface area contributed by atoms with E-state index < -0.39 is 17.0 Å². The Morgan fingerprint density at radius 2 is 2.18 bits per heavy atom. The maximum Gasteiger partial charge on any atom is 0.318 e. The highest BCUT2D eigenvalue weighted by molar-refractivity contribution is 5.75. The Bertz CT molecular complexity index is 824. The van der Waals surface area contributed by atoms with Crippen LogP contribution in [0.15, 0.2) is 24.5 Å². The molecule has 1 atom stereocenters. The third-order valence-electron chi connectivity index (χ3n) is 5.80. The summed E-state index contributed by atoms with van der Waals surface area (Å²) in [6.45, 7) is 1.43. The van der Waals surface area contributed by atoms with Crippen molar-refractivity contribution in [3.8, 4) is 0 Å². The lowest BCUT2D eigenvalue weighted by atomic mass is 9.78. The van der Waals surface area contributed by atoms with Gasteiger partial charge in [0.15, 0.2) is 11.6 Å². The van der Waals surface area contributed by atoms with Gasteiger partial charge in [-0.25, -0.2) is 18.6 Å². The van der Waals surface area contributed by atoms with E-state index in [2.05, 4.69) is 20.5 Å². The van der Waals surface area contributed by atoms with Gasteiger partial charge < -0.3 is 15.0 Å². The Hall–Kier alpha value is -2.55. The molecular formula is C19H23F2N5O2. The first-order valence-electron chi connectivity index (χ1n) is 9.53. The topological polar surface area (TPSA) is 83.1 Å². The van der Waals surface area contributed by atoms with Crippen LogP contribution in [0.5, 0.6) is 0 Å². The molecule has 4 rings (SSSR count). The number of H-pyrrole nitrogens is 1. The molecule has 0 bridgehead atoms. The molecular weight excluding hydrogens is 368 g/mol. The third kappa shape index (κ3) is 3.46. The Morgan fingerprint density at radius 1 is 1.36 bits per heavy atom. The summed E-state index contributed by atoms with van der Waals surface area (Å²) in [5, 5.41) is 9.58. The summed E-state index contributed by atoms with van der Waals surface area (Å²) in [4.78, 5) is 18.7. The number of amides is 2. The van der Waals surface area contributed by atoms with Crippen molar-refractivity contribution in [1.82, 2.24) is 25.4 Å². The third-order valence-corrected chi connectivity index (χ3v) is 5.80. The van der Waals surface area contributed by atoms with Crippen molar-refractivity contribution in [3.63, 3.8) is 0 Å². The van der Waals surface area contributed by atoms with Crippen molar-refractivity contribution in [2.75, 3.05) is 26.3 Å². The molecule has 0 spiro atoms. The minimum Gasteiger partial charge on any atom is -0.377 e. The van der Waals surface area contributed by atoms with Gasteiger partial charge in [-0.05, 0) is 24.5 Å². The van der Waals surface area contributed by atoms with Crippen LogP contribution in [0.25, 0.3) is 0 Å². The highest BCUT2D eigenvalue weighted by atomic mass is 19.2. The molecule has 1 unspecified atom stereocenters. The Kier molecular flexibility index (Phi) is 5.25. The van der Waals surface area contributed by atoms with Crippen molar-refractivity contribution in [2.45, 2.75) is 37.1 Å². The summed E-state index contributed by atoms with van der Waals surface area (Å²) >= 11 is 0. The average molecular weight is 391 g/mol. The molecule has 1 aliphatic heterocycles. The first kappa shape index (κ1) is 18.8. The molecule has 9 heteroatoms. The normalized spacial score (nSPS) is 21.6. The molecule has 1 aliphatic carbocycles. The van der Waals surface area contributed by atoms with Crippen molar-refractivity contribution in [3.05, 3.63) is 47.5 Å². The standard InChI is InChI=1S/C19H23F2N5O2/c20-14-5-3-4-13(16(14)21)19(6-1-2-7-19)11-22-18(27)26-8-9-28-10-15(26)17-23-12-24-25-17/h3-5,12,15H,1-2,6-11H2,(H,22,27)(H,23,24,25). The number of aromatic nitrogens is 3. The van der Waals surface area contributed by atoms with Gasteiger partial charge in [0.2, 0.25) is 0 Å². The summed E-state index contributed by atoms with van der Waals surface area (Å²) in [7, 11) is 0. The van der Waals surface area contributed by atoms with E-state index in [0.29, 0.717) is 44.0 Å². The molecule has 2 aromatic rings. The fraction of sp³-hybridized carbons (Fsp3) is 0.526. The number of rotatable bonds is 4. The summed E-state index contributed by atoms with van der Waals surface area (Å²) in [5.74, 6) is -1.11. The SMILES string of the molecule is O=C(NCC1(c2cccc(F)c2F)CCCC1)N1CCOCC1c1ncn[nH]1. The summed E-state index contributed by atoms with van der Waals surface area (Å²) < 4.78 is 33.8. The highest BCUT2D eigenvalue weighted by Crippen LogP contribution is 2.42. The molecule has 2 aliphatic rings. The summed E-state index contributed by atoms with van der Waals surface area (Å²) in [6.07, 6.45) is 4.65. The maximum absolute atomic E-state index is 14.5. The Labute approximate surface area is 161 Å². The van der Waals surface area contributed by atoms with E-state index >= 15 is 0 Å². The van der Waals surface area contributed by atoms with Crippen LogP contribution in [0.4, 0.5) is 13.6 Å². The van der Waals surface area contributed by atoms with Crippen LogP contribution in [0.2, 0.25) is 0 Å². The number of carbonyl (C=O) groups excluding carboxylic acids is 1. The molecule has 1 saturated carbocycles. The number of urea groups is 1. The lowest BCUT2D eigenvalue weighted by Gasteiger charge is -2.36. The number of aromatic amines is 1. The van der Waals surface area contributed by atoms with Crippen LogP contribution in [0.1, 0.15) is 43.1 Å². The van der Waals surface area contributed by atoms with Crippen molar-refractivity contribution >= 4 is 6.03 Å². The van der Waals surface area contributed by atoms with Crippen molar-refractivity contribution in [2.24, 2.45) is 0 Å². The molecule has 2 fully saturated rings. The lowest BCUT2D eigenvalue weighted by molar-refractivity contribution is 0.00844. The molecule has 2 heterocycles. The molecule has 0 radical (unpaired) electrons. The largest absolute Gasteiger partial charge is 0.377 e. The van der Waals surface area contributed by atoms with E-state index in [1.807, 2.05) is 0 Å². The van der Waals surface area contributed by atoms with Crippen LogP contribution < -0.4 is 5.32 Å². The zero-order chi connectivity index (χ0) is 19.6. The van der Waals surface area contributed by atoms with Gasteiger partial charge in [-0.15, -0.1) is 0 Å². The van der Waals surface area contributed by atoms with Crippen LogP contribution in [0, 0.1) is 11.6 Å². The monoisotopic (exact) mass is 391 g/mol. The second-order valence-electron chi connectivity index (χ2n) is 7.40. The van der Waals surface area contributed by atoms with Crippen LogP contribution in [-0.4, -0.2) is 52.4 Å². The predicted octanol–water partition coefficient (Wildman–Crippen LogP) is 2.68. The van der Waals surface area contributed by atoms with Crippen LogP contribution in [-0.2, 0) is 10.2 Å². The van der Waals surface area contributed by atoms with E-state index in [9.17, 15) is 13.6 Å². The quantitative estimate of drug-likeness (QED) is 0.840. The number of halogens is 2. The number of benzene rings is 1. The Morgan fingerprint density at radius 3 is 2.93 bits per heavy atom. The summed E-state index contributed by atoms with van der Waals surface area (Å²) in [6, 6.07) is 3.64. The van der Waals surface area contributed by atoms with Crippen molar-refractivity contribution in [1.29, 1.82) is 0 Å². The number of carbonyl (C=O) groups is 1. The molecule has 150 valence electrons. The minimum absolute atomic E-state index is 0.257. The molecule has 2 amide bonds. The van der Waals surface area contributed by atoms with E-state index in [1.54, 1.807) is 11.0 Å². The van der Waals surface area contributed by atoms with E-state index in [-0.39, 0.29) is 18.6 Å². The van der Waals surface area contributed by atoms with Gasteiger partial charge in [0.1, 0.15) is 18.2 Å². The Balaban J connectivity index is 1.51.